The normalized spacial score (nSPS) is 11.6. The van der Waals surface area contributed by atoms with Gasteiger partial charge in [0.1, 0.15) is 0 Å². The molecule has 1 heterocycles. The molecule has 132 valence electrons. The summed E-state index contributed by atoms with van der Waals surface area (Å²) in [6.07, 6.45) is 3.08. The fraction of sp³-hybridized carbons (Fsp3) is 0.190. The molecule has 0 saturated carbocycles. The summed E-state index contributed by atoms with van der Waals surface area (Å²) in [7, 11) is 0. The summed E-state index contributed by atoms with van der Waals surface area (Å²) < 4.78 is 0. The zero-order valence-corrected chi connectivity index (χ0v) is 14.9. The van der Waals surface area contributed by atoms with E-state index in [1.54, 1.807) is 12.4 Å². The fourth-order valence-electron chi connectivity index (χ4n) is 2.62. The van der Waals surface area contributed by atoms with Crippen LogP contribution in [0.2, 0.25) is 0 Å². The van der Waals surface area contributed by atoms with E-state index in [0.29, 0.717) is 18.1 Å². The summed E-state index contributed by atoms with van der Waals surface area (Å²) in [4.78, 5) is 20.8. The van der Waals surface area contributed by atoms with Crippen LogP contribution in [0, 0.1) is 6.92 Å². The Labute approximate surface area is 153 Å². The van der Waals surface area contributed by atoms with Crippen molar-refractivity contribution in [2.75, 3.05) is 5.32 Å². The van der Waals surface area contributed by atoms with Crippen molar-refractivity contribution in [2.45, 2.75) is 26.4 Å². The minimum Gasteiger partial charge on any atom is -0.350 e. The van der Waals surface area contributed by atoms with E-state index in [2.05, 4.69) is 39.7 Å². The van der Waals surface area contributed by atoms with Crippen molar-refractivity contribution >= 4 is 11.9 Å². The smallest absolute Gasteiger partial charge is 0.254 e. The molecule has 1 atom stereocenters. The van der Waals surface area contributed by atoms with E-state index in [1.807, 2.05) is 49.4 Å². The molecule has 5 nitrogen and oxygen atoms in total. The molecule has 1 aromatic heterocycles. The molecule has 3 rings (SSSR count). The highest BCUT2D eigenvalue weighted by atomic mass is 16.1. The second-order valence-electron chi connectivity index (χ2n) is 6.18. The zero-order chi connectivity index (χ0) is 18.4. The van der Waals surface area contributed by atoms with Crippen molar-refractivity contribution in [3.05, 3.63) is 89.2 Å². The van der Waals surface area contributed by atoms with Crippen LogP contribution >= 0.6 is 0 Å². The van der Waals surface area contributed by atoms with Gasteiger partial charge in [-0.05, 0) is 30.5 Å². The molecule has 0 fully saturated rings. The average molecular weight is 346 g/mol. The van der Waals surface area contributed by atoms with Gasteiger partial charge in [0.25, 0.3) is 5.91 Å². The predicted octanol–water partition coefficient (Wildman–Crippen LogP) is 3.89. The Balaban J connectivity index is 1.58. The van der Waals surface area contributed by atoms with Crippen molar-refractivity contribution in [1.82, 2.24) is 15.3 Å². The molecule has 0 bridgehead atoms. The number of carbonyl (C=O) groups is 1. The SMILES string of the molecule is Cc1ccccc1CNc1ncc(C(=O)NC(C)c2ccccc2)cn1. The summed E-state index contributed by atoms with van der Waals surface area (Å²) >= 11 is 0. The van der Waals surface area contributed by atoms with E-state index in [9.17, 15) is 4.79 Å². The quantitative estimate of drug-likeness (QED) is 0.711. The Bertz CT molecular complexity index is 863. The fourth-order valence-corrected chi connectivity index (χ4v) is 2.62. The molecule has 0 radical (unpaired) electrons. The lowest BCUT2D eigenvalue weighted by Crippen LogP contribution is -2.26. The number of amides is 1. The van der Waals surface area contributed by atoms with Gasteiger partial charge in [-0.25, -0.2) is 9.97 Å². The van der Waals surface area contributed by atoms with Crippen LogP contribution < -0.4 is 10.6 Å². The van der Waals surface area contributed by atoms with Gasteiger partial charge in [0, 0.05) is 18.9 Å². The highest BCUT2D eigenvalue weighted by Crippen LogP contribution is 2.13. The Morgan fingerprint density at radius 2 is 1.65 bits per heavy atom. The third kappa shape index (κ3) is 4.45. The van der Waals surface area contributed by atoms with Gasteiger partial charge in [0.05, 0.1) is 11.6 Å². The second-order valence-corrected chi connectivity index (χ2v) is 6.18. The third-order valence-electron chi connectivity index (χ3n) is 4.26. The standard InChI is InChI=1S/C21H22N4O/c1-15-8-6-7-11-18(15)12-22-21-23-13-19(14-24-21)20(26)25-16(2)17-9-4-3-5-10-17/h3-11,13-14,16H,12H2,1-2H3,(H,25,26)(H,22,23,24). The molecule has 1 unspecified atom stereocenters. The van der Waals surface area contributed by atoms with Gasteiger partial charge < -0.3 is 10.6 Å². The molecule has 1 amide bonds. The highest BCUT2D eigenvalue weighted by Gasteiger charge is 2.12. The van der Waals surface area contributed by atoms with E-state index in [-0.39, 0.29) is 11.9 Å². The summed E-state index contributed by atoms with van der Waals surface area (Å²) in [6.45, 7) is 4.66. The first-order valence-corrected chi connectivity index (χ1v) is 8.59. The molecule has 5 heteroatoms. The number of hydrogen-bond donors (Lipinski definition) is 2. The topological polar surface area (TPSA) is 66.9 Å². The summed E-state index contributed by atoms with van der Waals surface area (Å²) in [5.74, 6) is 0.313. The van der Waals surface area contributed by atoms with Gasteiger partial charge in [-0.3, -0.25) is 4.79 Å². The van der Waals surface area contributed by atoms with Crippen LogP contribution in [0.25, 0.3) is 0 Å². The number of anilines is 1. The summed E-state index contributed by atoms with van der Waals surface area (Å²) in [5, 5.41) is 6.14. The summed E-state index contributed by atoms with van der Waals surface area (Å²) in [5.41, 5.74) is 3.90. The largest absolute Gasteiger partial charge is 0.350 e. The van der Waals surface area contributed by atoms with Crippen LogP contribution in [0.4, 0.5) is 5.95 Å². The van der Waals surface area contributed by atoms with E-state index in [0.717, 1.165) is 5.56 Å². The van der Waals surface area contributed by atoms with E-state index < -0.39 is 0 Å². The number of hydrogen-bond acceptors (Lipinski definition) is 4. The number of nitrogens with zero attached hydrogens (tertiary/aromatic N) is 2. The molecule has 0 aliphatic heterocycles. The highest BCUT2D eigenvalue weighted by molar-refractivity contribution is 5.93. The molecule has 0 saturated heterocycles. The minimum atomic E-state index is -0.188. The van der Waals surface area contributed by atoms with Gasteiger partial charge in [-0.2, -0.15) is 0 Å². The number of aromatic nitrogens is 2. The molecule has 26 heavy (non-hydrogen) atoms. The molecule has 2 N–H and O–H groups in total. The minimum absolute atomic E-state index is 0.0810. The molecule has 0 aliphatic carbocycles. The summed E-state index contributed by atoms with van der Waals surface area (Å²) in [6, 6.07) is 17.9. The van der Waals surface area contributed by atoms with Crippen LogP contribution in [0.15, 0.2) is 67.0 Å². The van der Waals surface area contributed by atoms with Crippen LogP contribution in [0.3, 0.4) is 0 Å². The monoisotopic (exact) mass is 346 g/mol. The Morgan fingerprint density at radius 3 is 2.35 bits per heavy atom. The Hall–Kier alpha value is -3.21. The van der Waals surface area contributed by atoms with Crippen molar-refractivity contribution in [3.63, 3.8) is 0 Å². The Kier molecular flexibility index (Phi) is 5.59. The van der Waals surface area contributed by atoms with E-state index in [4.69, 9.17) is 0 Å². The van der Waals surface area contributed by atoms with Gasteiger partial charge in [0.2, 0.25) is 5.95 Å². The number of carbonyl (C=O) groups excluding carboxylic acids is 1. The molecular formula is C21H22N4O. The van der Waals surface area contributed by atoms with Crippen molar-refractivity contribution in [1.29, 1.82) is 0 Å². The van der Waals surface area contributed by atoms with Crippen LogP contribution in [0.5, 0.6) is 0 Å². The van der Waals surface area contributed by atoms with Crippen molar-refractivity contribution in [2.24, 2.45) is 0 Å². The first-order valence-electron chi connectivity index (χ1n) is 8.59. The van der Waals surface area contributed by atoms with E-state index in [1.165, 1.54) is 11.1 Å². The lowest BCUT2D eigenvalue weighted by atomic mass is 10.1. The average Bonchev–Trinajstić information content (AvgIpc) is 2.68. The first-order chi connectivity index (χ1) is 12.6. The number of aryl methyl sites for hydroxylation is 1. The lowest BCUT2D eigenvalue weighted by molar-refractivity contribution is 0.0939. The molecule has 2 aromatic carbocycles. The van der Waals surface area contributed by atoms with Gasteiger partial charge in [-0.1, -0.05) is 54.6 Å². The molecule has 3 aromatic rings. The number of nitrogens with one attached hydrogen (secondary N) is 2. The predicted molar refractivity (Wildman–Crippen MR) is 103 cm³/mol. The van der Waals surface area contributed by atoms with Gasteiger partial charge >= 0.3 is 0 Å². The Morgan fingerprint density at radius 1 is 1.00 bits per heavy atom. The van der Waals surface area contributed by atoms with Crippen LogP contribution in [-0.2, 0) is 6.54 Å². The molecule has 0 aliphatic rings. The number of benzene rings is 2. The van der Waals surface area contributed by atoms with Crippen molar-refractivity contribution in [3.8, 4) is 0 Å². The number of rotatable bonds is 6. The first kappa shape index (κ1) is 17.6. The zero-order valence-electron chi connectivity index (χ0n) is 14.9. The van der Waals surface area contributed by atoms with Gasteiger partial charge in [0.15, 0.2) is 0 Å². The van der Waals surface area contributed by atoms with Crippen LogP contribution in [0.1, 0.15) is 40.0 Å². The third-order valence-corrected chi connectivity index (χ3v) is 4.26. The molecular weight excluding hydrogens is 324 g/mol. The van der Waals surface area contributed by atoms with E-state index >= 15 is 0 Å². The molecule has 0 spiro atoms. The van der Waals surface area contributed by atoms with Crippen molar-refractivity contribution < 1.29 is 4.79 Å². The maximum Gasteiger partial charge on any atom is 0.254 e. The lowest BCUT2D eigenvalue weighted by Gasteiger charge is -2.14. The maximum atomic E-state index is 12.4. The second kappa shape index (κ2) is 8.25. The van der Waals surface area contributed by atoms with Crippen LogP contribution in [-0.4, -0.2) is 15.9 Å². The maximum absolute atomic E-state index is 12.4. The van der Waals surface area contributed by atoms with Gasteiger partial charge in [-0.15, -0.1) is 0 Å².